The van der Waals surface area contributed by atoms with Crippen LogP contribution >= 0.6 is 0 Å². The number of benzene rings is 1. The van der Waals surface area contributed by atoms with Crippen molar-refractivity contribution in [2.45, 2.75) is 18.2 Å². The van der Waals surface area contributed by atoms with Gasteiger partial charge in [0.05, 0.1) is 10.5 Å². The molecule has 0 unspecified atom stereocenters. The Morgan fingerprint density at radius 3 is 2.50 bits per heavy atom. The Morgan fingerprint density at radius 2 is 1.86 bits per heavy atom. The maximum Gasteiger partial charge on any atom is 0.244 e. The third-order valence-corrected chi connectivity index (χ3v) is 5.41. The van der Waals surface area contributed by atoms with Crippen LogP contribution in [0.1, 0.15) is 18.1 Å². The SMILES string of the molecule is CCN(CCc1ccncc1)S(=O)(=O)c1ccccc1C#N. The van der Waals surface area contributed by atoms with E-state index in [4.69, 9.17) is 5.26 Å². The molecule has 2 aromatic rings. The van der Waals surface area contributed by atoms with Crippen molar-refractivity contribution in [2.75, 3.05) is 13.1 Å². The second kappa shape index (κ2) is 7.16. The minimum atomic E-state index is -3.67. The predicted molar refractivity (Wildman–Crippen MR) is 83.5 cm³/mol. The van der Waals surface area contributed by atoms with E-state index in [2.05, 4.69) is 4.98 Å². The van der Waals surface area contributed by atoms with Gasteiger partial charge < -0.3 is 0 Å². The zero-order valence-corrected chi connectivity index (χ0v) is 13.1. The van der Waals surface area contributed by atoms with E-state index in [9.17, 15) is 8.42 Å². The van der Waals surface area contributed by atoms with Gasteiger partial charge in [-0.3, -0.25) is 4.98 Å². The Hall–Kier alpha value is -2.23. The molecular weight excluding hydrogens is 298 g/mol. The molecule has 0 spiro atoms. The summed E-state index contributed by atoms with van der Waals surface area (Å²) >= 11 is 0. The Morgan fingerprint density at radius 1 is 1.18 bits per heavy atom. The highest BCUT2D eigenvalue weighted by Gasteiger charge is 2.25. The fourth-order valence-electron chi connectivity index (χ4n) is 2.17. The standard InChI is InChI=1S/C16H17N3O2S/c1-2-19(12-9-14-7-10-18-11-8-14)22(20,21)16-6-4-3-5-15(16)13-17/h3-8,10-11H,2,9,12H2,1H3. The Labute approximate surface area is 130 Å². The molecule has 0 aliphatic heterocycles. The Bertz CT molecular complexity index is 767. The monoisotopic (exact) mass is 315 g/mol. The largest absolute Gasteiger partial charge is 0.265 e. The number of hydrogen-bond acceptors (Lipinski definition) is 4. The minimum absolute atomic E-state index is 0.0640. The maximum atomic E-state index is 12.7. The lowest BCUT2D eigenvalue weighted by molar-refractivity contribution is 0.431. The highest BCUT2D eigenvalue weighted by Crippen LogP contribution is 2.19. The van der Waals surface area contributed by atoms with E-state index in [1.165, 1.54) is 16.4 Å². The minimum Gasteiger partial charge on any atom is -0.265 e. The molecule has 0 saturated carbocycles. The molecule has 1 aromatic heterocycles. The maximum absolute atomic E-state index is 12.7. The molecular formula is C16H17N3O2S. The smallest absolute Gasteiger partial charge is 0.244 e. The van der Waals surface area contributed by atoms with Crippen LogP contribution in [0, 0.1) is 11.3 Å². The van der Waals surface area contributed by atoms with Crippen LogP contribution < -0.4 is 0 Å². The van der Waals surface area contributed by atoms with Crippen LogP contribution in [-0.2, 0) is 16.4 Å². The van der Waals surface area contributed by atoms with Gasteiger partial charge in [-0.25, -0.2) is 8.42 Å². The van der Waals surface area contributed by atoms with Gasteiger partial charge in [-0.1, -0.05) is 19.1 Å². The summed E-state index contributed by atoms with van der Waals surface area (Å²) in [6.07, 6.45) is 3.97. The van der Waals surface area contributed by atoms with E-state index in [-0.39, 0.29) is 10.5 Å². The molecule has 22 heavy (non-hydrogen) atoms. The molecule has 0 aliphatic rings. The molecule has 0 N–H and O–H groups in total. The van der Waals surface area contributed by atoms with Gasteiger partial charge in [0.25, 0.3) is 0 Å². The van der Waals surface area contributed by atoms with Crippen molar-refractivity contribution < 1.29 is 8.42 Å². The molecule has 1 heterocycles. The zero-order chi connectivity index (χ0) is 16.0. The second-order valence-corrected chi connectivity index (χ2v) is 6.62. The molecule has 5 nitrogen and oxygen atoms in total. The van der Waals surface area contributed by atoms with Crippen molar-refractivity contribution in [1.82, 2.24) is 9.29 Å². The van der Waals surface area contributed by atoms with E-state index in [1.54, 1.807) is 31.5 Å². The van der Waals surface area contributed by atoms with Crippen molar-refractivity contribution in [1.29, 1.82) is 5.26 Å². The van der Waals surface area contributed by atoms with Gasteiger partial charge >= 0.3 is 0 Å². The summed E-state index contributed by atoms with van der Waals surface area (Å²) in [4.78, 5) is 4.01. The fourth-order valence-corrected chi connectivity index (χ4v) is 3.77. The van der Waals surface area contributed by atoms with E-state index >= 15 is 0 Å². The second-order valence-electron chi connectivity index (χ2n) is 4.71. The molecule has 0 aliphatic carbocycles. The molecule has 0 radical (unpaired) electrons. The molecule has 6 heteroatoms. The molecule has 2 rings (SSSR count). The zero-order valence-electron chi connectivity index (χ0n) is 12.3. The quantitative estimate of drug-likeness (QED) is 0.819. The molecule has 1 aromatic carbocycles. The third kappa shape index (κ3) is 3.50. The molecule has 0 atom stereocenters. The first-order valence-corrected chi connectivity index (χ1v) is 8.41. The molecule has 114 valence electrons. The van der Waals surface area contributed by atoms with Crippen LogP contribution in [0.4, 0.5) is 0 Å². The lowest BCUT2D eigenvalue weighted by Crippen LogP contribution is -2.33. The first kappa shape index (κ1) is 16.1. The number of aromatic nitrogens is 1. The van der Waals surface area contributed by atoms with Crippen molar-refractivity contribution >= 4 is 10.0 Å². The molecule has 0 amide bonds. The van der Waals surface area contributed by atoms with E-state index in [1.807, 2.05) is 18.2 Å². The summed E-state index contributed by atoms with van der Waals surface area (Å²) in [7, 11) is -3.67. The number of pyridine rings is 1. The summed E-state index contributed by atoms with van der Waals surface area (Å²) in [5, 5.41) is 9.10. The predicted octanol–water partition coefficient (Wildman–Crippen LogP) is 2.21. The van der Waals surface area contributed by atoms with Crippen molar-refractivity contribution in [2.24, 2.45) is 0 Å². The summed E-state index contributed by atoms with van der Waals surface area (Å²) < 4.78 is 26.8. The number of rotatable bonds is 6. The topological polar surface area (TPSA) is 74.1 Å². The van der Waals surface area contributed by atoms with Crippen LogP contribution in [0.2, 0.25) is 0 Å². The molecule has 0 fully saturated rings. The summed E-state index contributed by atoms with van der Waals surface area (Å²) in [5.41, 5.74) is 1.20. The van der Waals surface area contributed by atoms with Crippen molar-refractivity contribution in [3.63, 3.8) is 0 Å². The highest BCUT2D eigenvalue weighted by atomic mass is 32.2. The van der Waals surface area contributed by atoms with Gasteiger partial charge in [-0.2, -0.15) is 9.57 Å². The van der Waals surface area contributed by atoms with E-state index in [0.29, 0.717) is 19.5 Å². The Kier molecular flexibility index (Phi) is 5.26. The first-order valence-electron chi connectivity index (χ1n) is 6.97. The van der Waals surface area contributed by atoms with Gasteiger partial charge in [0.2, 0.25) is 10.0 Å². The van der Waals surface area contributed by atoms with Gasteiger partial charge in [0.15, 0.2) is 0 Å². The molecule has 0 saturated heterocycles. The Balaban J connectivity index is 2.24. The summed E-state index contributed by atoms with van der Waals surface area (Å²) in [5.74, 6) is 0. The fraction of sp³-hybridized carbons (Fsp3) is 0.250. The highest BCUT2D eigenvalue weighted by molar-refractivity contribution is 7.89. The van der Waals surface area contributed by atoms with Gasteiger partial charge in [-0.05, 0) is 36.2 Å². The van der Waals surface area contributed by atoms with Crippen molar-refractivity contribution in [3.05, 3.63) is 59.9 Å². The third-order valence-electron chi connectivity index (χ3n) is 3.38. The van der Waals surface area contributed by atoms with Crippen LogP contribution in [0.25, 0.3) is 0 Å². The number of sulfonamides is 1. The van der Waals surface area contributed by atoms with Crippen LogP contribution in [0.5, 0.6) is 0 Å². The van der Waals surface area contributed by atoms with Crippen LogP contribution in [-0.4, -0.2) is 30.8 Å². The number of nitriles is 1. The first-order chi connectivity index (χ1) is 10.6. The number of nitrogens with zero attached hydrogens (tertiary/aromatic N) is 3. The summed E-state index contributed by atoms with van der Waals surface area (Å²) in [6, 6.07) is 11.9. The average molecular weight is 315 g/mol. The lowest BCUT2D eigenvalue weighted by Gasteiger charge is -2.21. The van der Waals surface area contributed by atoms with Crippen molar-refractivity contribution in [3.8, 4) is 6.07 Å². The normalized spacial score (nSPS) is 11.3. The average Bonchev–Trinajstić information content (AvgIpc) is 2.56. The van der Waals surface area contributed by atoms with E-state index < -0.39 is 10.0 Å². The molecule has 0 bridgehead atoms. The number of likely N-dealkylation sites (N-methyl/N-ethyl adjacent to an activating group) is 1. The van der Waals surface area contributed by atoms with E-state index in [0.717, 1.165) is 5.56 Å². The van der Waals surface area contributed by atoms with Crippen LogP contribution in [0.15, 0.2) is 53.7 Å². The summed E-state index contributed by atoms with van der Waals surface area (Å²) in [6.45, 7) is 2.51. The van der Waals surface area contributed by atoms with Gasteiger partial charge in [0.1, 0.15) is 6.07 Å². The van der Waals surface area contributed by atoms with Gasteiger partial charge in [0, 0.05) is 25.5 Å². The number of hydrogen-bond donors (Lipinski definition) is 0. The van der Waals surface area contributed by atoms with Crippen LogP contribution in [0.3, 0.4) is 0 Å². The van der Waals surface area contributed by atoms with Gasteiger partial charge in [-0.15, -0.1) is 0 Å². The lowest BCUT2D eigenvalue weighted by atomic mass is 10.2.